The van der Waals surface area contributed by atoms with Crippen molar-refractivity contribution in [1.82, 2.24) is 4.57 Å². The molecule has 1 aromatic heterocycles. The number of rotatable bonds is 4. The Labute approximate surface area is 165 Å². The van der Waals surface area contributed by atoms with E-state index in [1.54, 1.807) is 12.1 Å². The predicted octanol–water partition coefficient (Wildman–Crippen LogP) is 4.72. The second-order valence-corrected chi connectivity index (χ2v) is 6.60. The number of nitrogens with zero attached hydrogens (tertiary/aromatic N) is 1. The first-order valence-corrected chi connectivity index (χ1v) is 8.79. The third kappa shape index (κ3) is 4.61. The van der Waals surface area contributed by atoms with Crippen molar-refractivity contribution in [2.45, 2.75) is 6.54 Å². The van der Waals surface area contributed by atoms with E-state index in [1.165, 1.54) is 29.0 Å². The van der Waals surface area contributed by atoms with Gasteiger partial charge < -0.3 is 15.2 Å². The zero-order valence-corrected chi connectivity index (χ0v) is 15.8. The summed E-state index contributed by atoms with van der Waals surface area (Å²) in [4.78, 5) is 24.5. The van der Waals surface area contributed by atoms with Crippen molar-refractivity contribution in [3.05, 3.63) is 92.6 Å². The average molecular weight is 452 g/mol. The molecule has 0 atom stereocenters. The lowest BCUT2D eigenvalue weighted by Gasteiger charge is -2.12. The summed E-state index contributed by atoms with van der Waals surface area (Å²) in [5.41, 5.74) is 0.0873. The highest BCUT2D eigenvalue weighted by atomic mass is 79.9. The number of benzene rings is 2. The molecular weight excluding hydrogens is 439 g/mol. The van der Waals surface area contributed by atoms with Crippen molar-refractivity contribution in [3.63, 3.8) is 0 Å². The summed E-state index contributed by atoms with van der Waals surface area (Å²) in [7, 11) is 0. The Bertz CT molecular complexity index is 1100. The minimum atomic E-state index is -0.931. The van der Waals surface area contributed by atoms with E-state index < -0.39 is 29.0 Å². The largest absolute Gasteiger partial charge is 0.323 e. The molecular formula is C19H13BrF3N3O2. The fraction of sp³-hybridized carbons (Fsp3) is 0.0526. The molecule has 0 fully saturated rings. The van der Waals surface area contributed by atoms with Crippen molar-refractivity contribution in [1.29, 1.82) is 0 Å². The van der Waals surface area contributed by atoms with Crippen molar-refractivity contribution in [2.75, 3.05) is 10.6 Å². The summed E-state index contributed by atoms with van der Waals surface area (Å²) in [5, 5.41) is 4.64. The Hall–Kier alpha value is -3.07. The Balaban J connectivity index is 1.75. The number of carbonyl (C=O) groups excluding carboxylic acids is 1. The summed E-state index contributed by atoms with van der Waals surface area (Å²) in [6.07, 6.45) is 1.44. The van der Waals surface area contributed by atoms with Crippen LogP contribution in [0.3, 0.4) is 0 Å². The molecule has 0 aliphatic rings. The number of carbonyl (C=O) groups is 1. The van der Waals surface area contributed by atoms with Gasteiger partial charge in [0.1, 0.15) is 21.9 Å². The smallest absolute Gasteiger partial charge is 0.310 e. The van der Waals surface area contributed by atoms with Crippen LogP contribution in [0.5, 0.6) is 0 Å². The third-order valence-electron chi connectivity index (χ3n) is 3.78. The van der Waals surface area contributed by atoms with Gasteiger partial charge >= 0.3 is 6.03 Å². The lowest BCUT2D eigenvalue weighted by molar-refractivity contribution is 0.262. The molecule has 0 saturated heterocycles. The molecule has 2 N–H and O–H groups in total. The van der Waals surface area contributed by atoms with Gasteiger partial charge in [-0.05, 0) is 51.8 Å². The molecule has 0 unspecified atom stereocenters. The molecule has 0 spiro atoms. The van der Waals surface area contributed by atoms with Crippen molar-refractivity contribution >= 4 is 33.3 Å². The molecule has 0 aliphatic carbocycles. The maximum atomic E-state index is 13.6. The van der Waals surface area contributed by atoms with Crippen LogP contribution < -0.4 is 16.2 Å². The molecule has 3 rings (SSSR count). The normalized spacial score (nSPS) is 10.6. The van der Waals surface area contributed by atoms with Crippen molar-refractivity contribution in [2.24, 2.45) is 0 Å². The lowest BCUT2D eigenvalue weighted by Crippen LogP contribution is -2.25. The quantitative estimate of drug-likeness (QED) is 0.602. The molecule has 144 valence electrons. The minimum absolute atomic E-state index is 0.0705. The van der Waals surface area contributed by atoms with E-state index in [-0.39, 0.29) is 22.4 Å². The van der Waals surface area contributed by atoms with E-state index >= 15 is 0 Å². The summed E-state index contributed by atoms with van der Waals surface area (Å²) in [6, 6.07) is 9.21. The van der Waals surface area contributed by atoms with E-state index in [0.29, 0.717) is 11.6 Å². The van der Waals surface area contributed by atoms with Crippen molar-refractivity contribution < 1.29 is 18.0 Å². The number of hydrogen-bond acceptors (Lipinski definition) is 2. The van der Waals surface area contributed by atoms with Crippen LogP contribution in [0.25, 0.3) is 0 Å². The molecule has 5 nitrogen and oxygen atoms in total. The first-order chi connectivity index (χ1) is 13.3. The van der Waals surface area contributed by atoms with Gasteiger partial charge in [0.15, 0.2) is 0 Å². The van der Waals surface area contributed by atoms with E-state index in [4.69, 9.17) is 0 Å². The van der Waals surface area contributed by atoms with Gasteiger partial charge in [-0.3, -0.25) is 4.79 Å². The summed E-state index contributed by atoms with van der Waals surface area (Å²) >= 11 is 3.12. The molecule has 9 heteroatoms. The first-order valence-electron chi connectivity index (χ1n) is 8.00. The highest BCUT2D eigenvalue weighted by Crippen LogP contribution is 2.20. The summed E-state index contributed by atoms with van der Waals surface area (Å²) in [5.74, 6) is -2.11. The lowest BCUT2D eigenvalue weighted by atomic mass is 10.2. The van der Waals surface area contributed by atoms with Crippen LogP contribution in [0.15, 0.2) is 64.0 Å². The summed E-state index contributed by atoms with van der Waals surface area (Å²) < 4.78 is 41.2. The monoisotopic (exact) mass is 451 g/mol. The second-order valence-electron chi connectivity index (χ2n) is 5.81. The van der Waals surface area contributed by atoms with Crippen LogP contribution in [0.1, 0.15) is 5.56 Å². The Morgan fingerprint density at radius 2 is 1.68 bits per heavy atom. The van der Waals surface area contributed by atoms with Crippen LogP contribution >= 0.6 is 15.9 Å². The fourth-order valence-electron chi connectivity index (χ4n) is 2.47. The number of pyridine rings is 1. The van der Waals surface area contributed by atoms with Crippen LogP contribution in [-0.4, -0.2) is 10.6 Å². The molecule has 0 radical (unpaired) electrons. The molecule has 3 aromatic rings. The van der Waals surface area contributed by atoms with Crippen LogP contribution in [0, 0.1) is 17.5 Å². The average Bonchev–Trinajstić information content (AvgIpc) is 2.64. The molecule has 0 bridgehead atoms. The van der Waals surface area contributed by atoms with Gasteiger partial charge in [0.2, 0.25) is 0 Å². The number of aromatic nitrogens is 1. The minimum Gasteiger partial charge on any atom is -0.310 e. The Morgan fingerprint density at radius 3 is 2.39 bits per heavy atom. The summed E-state index contributed by atoms with van der Waals surface area (Å²) in [6.45, 7) is 0.141. The van der Waals surface area contributed by atoms with Crippen LogP contribution in [0.4, 0.5) is 29.3 Å². The SMILES string of the molecule is O=C(Nc1ccc(F)cc1F)Nc1ccn(Cc2cccc(F)c2)c(=O)c1Br. The second kappa shape index (κ2) is 8.30. The number of anilines is 2. The standard InChI is InChI=1S/C19H13BrF3N3O2/c20-17-16(25-19(28)24-15-5-4-13(22)9-14(15)23)6-7-26(18(17)27)10-11-2-1-3-12(21)8-11/h1-9H,10H2,(H2,24,25,28). The molecule has 28 heavy (non-hydrogen) atoms. The Kier molecular flexibility index (Phi) is 5.84. The van der Waals surface area contributed by atoms with E-state index in [2.05, 4.69) is 26.6 Å². The maximum absolute atomic E-state index is 13.6. The number of nitrogens with one attached hydrogen (secondary N) is 2. The van der Waals surface area contributed by atoms with Gasteiger partial charge in [-0.15, -0.1) is 0 Å². The van der Waals surface area contributed by atoms with Gasteiger partial charge in [0, 0.05) is 12.3 Å². The van der Waals surface area contributed by atoms with E-state index in [0.717, 1.165) is 12.1 Å². The highest BCUT2D eigenvalue weighted by Gasteiger charge is 2.13. The van der Waals surface area contributed by atoms with E-state index in [1.807, 2.05) is 0 Å². The molecule has 1 heterocycles. The van der Waals surface area contributed by atoms with Gasteiger partial charge in [0.05, 0.1) is 17.9 Å². The molecule has 0 saturated carbocycles. The zero-order chi connectivity index (χ0) is 20.3. The maximum Gasteiger partial charge on any atom is 0.323 e. The number of halogens is 4. The molecule has 0 aliphatic heterocycles. The van der Waals surface area contributed by atoms with E-state index in [9.17, 15) is 22.8 Å². The Morgan fingerprint density at radius 1 is 0.964 bits per heavy atom. The highest BCUT2D eigenvalue weighted by molar-refractivity contribution is 9.10. The molecule has 2 aromatic carbocycles. The topological polar surface area (TPSA) is 63.1 Å². The number of hydrogen-bond donors (Lipinski definition) is 2. The van der Waals surface area contributed by atoms with Crippen molar-refractivity contribution in [3.8, 4) is 0 Å². The van der Waals surface area contributed by atoms with Crippen LogP contribution in [-0.2, 0) is 6.54 Å². The third-order valence-corrected chi connectivity index (χ3v) is 4.54. The zero-order valence-electron chi connectivity index (χ0n) is 14.2. The van der Waals surface area contributed by atoms with Gasteiger partial charge in [-0.1, -0.05) is 12.1 Å². The van der Waals surface area contributed by atoms with Gasteiger partial charge in [0.25, 0.3) is 5.56 Å². The molecule has 2 amide bonds. The van der Waals surface area contributed by atoms with Crippen LogP contribution in [0.2, 0.25) is 0 Å². The predicted molar refractivity (Wildman–Crippen MR) is 103 cm³/mol. The number of urea groups is 1. The van der Waals surface area contributed by atoms with Gasteiger partial charge in [-0.25, -0.2) is 18.0 Å². The number of amides is 2. The first kappa shape index (κ1) is 19.7. The fourth-order valence-corrected chi connectivity index (χ4v) is 2.93. The van der Waals surface area contributed by atoms with Gasteiger partial charge in [-0.2, -0.15) is 0 Å².